The van der Waals surface area contributed by atoms with Crippen molar-refractivity contribution in [1.82, 2.24) is 19.7 Å². The number of aliphatic hydroxyl groups is 1. The molecule has 8 heteroatoms. The maximum absolute atomic E-state index is 12.7. The van der Waals surface area contributed by atoms with Crippen LogP contribution in [0.4, 0.5) is 0 Å². The topological polar surface area (TPSA) is 80.5 Å². The third kappa shape index (κ3) is 2.88. The Balaban J connectivity index is 1.44. The van der Waals surface area contributed by atoms with Gasteiger partial charge in [0, 0.05) is 44.3 Å². The lowest BCUT2D eigenvalue weighted by Gasteiger charge is -2.38. The fourth-order valence-corrected chi connectivity index (χ4v) is 4.64. The Morgan fingerprint density at radius 1 is 1.40 bits per heavy atom. The number of likely N-dealkylation sites (tertiary alicyclic amines) is 1. The first-order chi connectivity index (χ1) is 11.9. The molecule has 2 aliphatic heterocycles. The predicted molar refractivity (Wildman–Crippen MR) is 92.4 cm³/mol. The molecule has 0 aromatic carbocycles. The maximum atomic E-state index is 12.7. The Morgan fingerprint density at radius 3 is 2.76 bits per heavy atom. The Bertz CT molecular complexity index is 780. The zero-order chi connectivity index (χ0) is 17.7. The van der Waals surface area contributed by atoms with Crippen LogP contribution in [-0.4, -0.2) is 56.0 Å². The van der Waals surface area contributed by atoms with E-state index in [1.807, 2.05) is 24.3 Å². The number of hydrogen-bond acceptors (Lipinski definition) is 6. The standard InChI is InChI=1S/C17H22N4O3S/c1-12-13(9-20(2)19-12)14(22)21-6-3-16(4-7-21)10-17(23,11-24-16)15-18-5-8-25-15/h5,8-9,23H,3-4,6-7,10-11H2,1-2H3. The first kappa shape index (κ1) is 16.7. The van der Waals surface area contributed by atoms with Crippen LogP contribution in [0.1, 0.15) is 40.3 Å². The monoisotopic (exact) mass is 362 g/mol. The molecule has 2 saturated heterocycles. The molecule has 1 N–H and O–H groups in total. The molecule has 2 aliphatic rings. The second kappa shape index (κ2) is 5.89. The molecule has 1 atom stereocenters. The summed E-state index contributed by atoms with van der Waals surface area (Å²) in [6.07, 6.45) is 5.48. The Kier molecular flexibility index (Phi) is 3.93. The van der Waals surface area contributed by atoms with E-state index in [4.69, 9.17) is 4.74 Å². The highest BCUT2D eigenvalue weighted by molar-refractivity contribution is 7.09. The summed E-state index contributed by atoms with van der Waals surface area (Å²) in [6, 6.07) is 0. The molecule has 7 nitrogen and oxygen atoms in total. The molecule has 0 saturated carbocycles. The number of ether oxygens (including phenoxy) is 1. The molecule has 0 radical (unpaired) electrons. The highest BCUT2D eigenvalue weighted by Crippen LogP contribution is 2.45. The zero-order valence-electron chi connectivity index (χ0n) is 14.4. The van der Waals surface area contributed by atoms with Crippen molar-refractivity contribution < 1.29 is 14.6 Å². The van der Waals surface area contributed by atoms with Crippen molar-refractivity contribution in [3.05, 3.63) is 34.0 Å². The van der Waals surface area contributed by atoms with Crippen LogP contribution in [0, 0.1) is 6.92 Å². The molecule has 2 aromatic heterocycles. The van der Waals surface area contributed by atoms with Gasteiger partial charge in [0.05, 0.1) is 23.5 Å². The van der Waals surface area contributed by atoms with Crippen LogP contribution < -0.4 is 0 Å². The largest absolute Gasteiger partial charge is 0.380 e. The minimum atomic E-state index is -1.000. The first-order valence-electron chi connectivity index (χ1n) is 8.47. The van der Waals surface area contributed by atoms with E-state index in [0.29, 0.717) is 30.1 Å². The lowest BCUT2D eigenvalue weighted by atomic mass is 9.83. The second-order valence-electron chi connectivity index (χ2n) is 7.11. The smallest absolute Gasteiger partial charge is 0.257 e. The number of rotatable bonds is 2. The molecule has 1 amide bonds. The van der Waals surface area contributed by atoms with Gasteiger partial charge in [-0.3, -0.25) is 9.48 Å². The van der Waals surface area contributed by atoms with Crippen LogP contribution in [-0.2, 0) is 17.4 Å². The maximum Gasteiger partial charge on any atom is 0.257 e. The lowest BCUT2D eigenvalue weighted by Crippen LogP contribution is -2.47. The molecule has 1 unspecified atom stereocenters. The highest BCUT2D eigenvalue weighted by Gasteiger charge is 2.52. The van der Waals surface area contributed by atoms with Gasteiger partial charge >= 0.3 is 0 Å². The normalized spacial score (nSPS) is 25.6. The van der Waals surface area contributed by atoms with Gasteiger partial charge in [-0.2, -0.15) is 5.10 Å². The minimum Gasteiger partial charge on any atom is -0.380 e. The molecule has 25 heavy (non-hydrogen) atoms. The van der Waals surface area contributed by atoms with E-state index in [2.05, 4.69) is 10.1 Å². The Labute approximate surface area is 150 Å². The number of hydrogen-bond donors (Lipinski definition) is 1. The van der Waals surface area contributed by atoms with Gasteiger partial charge in [0.15, 0.2) is 0 Å². The fraction of sp³-hybridized carbons (Fsp3) is 0.588. The van der Waals surface area contributed by atoms with Crippen LogP contribution >= 0.6 is 11.3 Å². The predicted octanol–water partition coefficient (Wildman–Crippen LogP) is 1.47. The van der Waals surface area contributed by atoms with Gasteiger partial charge in [0.1, 0.15) is 10.6 Å². The van der Waals surface area contributed by atoms with E-state index in [1.165, 1.54) is 11.3 Å². The van der Waals surface area contributed by atoms with Crippen molar-refractivity contribution in [3.8, 4) is 0 Å². The summed E-state index contributed by atoms with van der Waals surface area (Å²) in [7, 11) is 1.82. The number of carbonyl (C=O) groups excluding carboxylic acids is 1. The second-order valence-corrected chi connectivity index (χ2v) is 8.01. The number of amides is 1. The summed E-state index contributed by atoms with van der Waals surface area (Å²) < 4.78 is 7.71. The van der Waals surface area contributed by atoms with Gasteiger partial charge in [0.25, 0.3) is 5.91 Å². The van der Waals surface area contributed by atoms with Gasteiger partial charge in [-0.25, -0.2) is 4.98 Å². The first-order valence-corrected chi connectivity index (χ1v) is 9.35. The third-order valence-electron chi connectivity index (χ3n) is 5.27. The molecule has 2 fully saturated rings. The molecule has 0 bridgehead atoms. The number of piperidine rings is 1. The van der Waals surface area contributed by atoms with Gasteiger partial charge in [-0.15, -0.1) is 11.3 Å². The minimum absolute atomic E-state index is 0.0219. The SMILES string of the molecule is Cc1nn(C)cc1C(=O)N1CCC2(CC1)CC(O)(c1nccs1)CO2. The quantitative estimate of drug-likeness (QED) is 0.875. The van der Waals surface area contributed by atoms with E-state index in [1.54, 1.807) is 17.1 Å². The molecule has 1 spiro atoms. The molecule has 2 aromatic rings. The van der Waals surface area contributed by atoms with Gasteiger partial charge in [0.2, 0.25) is 0 Å². The summed E-state index contributed by atoms with van der Waals surface area (Å²) in [5.74, 6) is 0.0219. The summed E-state index contributed by atoms with van der Waals surface area (Å²) >= 11 is 1.46. The van der Waals surface area contributed by atoms with Crippen molar-refractivity contribution in [3.63, 3.8) is 0 Å². The van der Waals surface area contributed by atoms with Crippen molar-refractivity contribution in [1.29, 1.82) is 0 Å². The number of aromatic nitrogens is 3. The van der Waals surface area contributed by atoms with Gasteiger partial charge in [-0.05, 0) is 19.8 Å². The van der Waals surface area contributed by atoms with E-state index in [9.17, 15) is 9.90 Å². The third-order valence-corrected chi connectivity index (χ3v) is 6.23. The average molecular weight is 362 g/mol. The molecular formula is C17H22N4O3S. The van der Waals surface area contributed by atoms with E-state index in [0.717, 1.165) is 18.5 Å². The average Bonchev–Trinajstić information content (AvgIpc) is 3.29. The van der Waals surface area contributed by atoms with Crippen molar-refractivity contribution in [2.45, 2.75) is 37.4 Å². The zero-order valence-corrected chi connectivity index (χ0v) is 15.3. The lowest BCUT2D eigenvalue weighted by molar-refractivity contribution is -0.0431. The van der Waals surface area contributed by atoms with Crippen molar-refractivity contribution in [2.24, 2.45) is 7.05 Å². The van der Waals surface area contributed by atoms with Crippen molar-refractivity contribution in [2.75, 3.05) is 19.7 Å². The van der Waals surface area contributed by atoms with Crippen molar-refractivity contribution >= 4 is 17.2 Å². The van der Waals surface area contributed by atoms with E-state index < -0.39 is 5.60 Å². The molecule has 134 valence electrons. The van der Waals surface area contributed by atoms with E-state index >= 15 is 0 Å². The Morgan fingerprint density at radius 2 is 2.16 bits per heavy atom. The highest BCUT2D eigenvalue weighted by atomic mass is 32.1. The summed E-state index contributed by atoms with van der Waals surface area (Å²) in [5, 5.41) is 17.7. The molecule has 4 rings (SSSR count). The van der Waals surface area contributed by atoms with Crippen LogP contribution in [0.15, 0.2) is 17.8 Å². The van der Waals surface area contributed by atoms with Crippen LogP contribution in [0.25, 0.3) is 0 Å². The number of carbonyl (C=O) groups is 1. The summed E-state index contributed by atoms with van der Waals surface area (Å²) in [5.41, 5.74) is 0.0506. The van der Waals surface area contributed by atoms with Crippen LogP contribution in [0.3, 0.4) is 0 Å². The van der Waals surface area contributed by atoms with Gasteiger partial charge in [-0.1, -0.05) is 0 Å². The number of nitrogens with zero attached hydrogens (tertiary/aromatic N) is 4. The van der Waals surface area contributed by atoms with Gasteiger partial charge < -0.3 is 14.7 Å². The van der Waals surface area contributed by atoms with Crippen LogP contribution in [0.2, 0.25) is 0 Å². The Hall–Kier alpha value is -1.77. The molecular weight excluding hydrogens is 340 g/mol. The number of aryl methyl sites for hydroxylation is 2. The molecule has 4 heterocycles. The van der Waals surface area contributed by atoms with E-state index in [-0.39, 0.29) is 18.1 Å². The molecule has 0 aliphatic carbocycles. The van der Waals surface area contributed by atoms with Crippen LogP contribution in [0.5, 0.6) is 0 Å². The fourth-order valence-electron chi connectivity index (χ4n) is 3.92. The number of thiazole rings is 1. The summed E-state index contributed by atoms with van der Waals surface area (Å²) in [6.45, 7) is 3.38. The summed E-state index contributed by atoms with van der Waals surface area (Å²) in [4.78, 5) is 18.8.